The van der Waals surface area contributed by atoms with Gasteiger partial charge >= 0.3 is 5.87 Å². The van der Waals surface area contributed by atoms with Crippen LogP contribution < -0.4 is 0 Å². The van der Waals surface area contributed by atoms with Crippen molar-refractivity contribution in [3.8, 4) is 0 Å². The Hall–Kier alpha value is -2.66. The maximum Gasteiger partial charge on any atom is 0.303 e. The van der Waals surface area contributed by atoms with Crippen LogP contribution in [0.15, 0.2) is 47.5 Å². The van der Waals surface area contributed by atoms with E-state index in [1.54, 1.807) is 0 Å². The molecule has 0 atom stereocenters. The molecule has 2 aromatic rings. The maximum absolute atomic E-state index is 9.87. The fourth-order valence-electron chi connectivity index (χ4n) is 7.25. The van der Waals surface area contributed by atoms with E-state index in [1.165, 1.54) is 147 Å². The van der Waals surface area contributed by atoms with Gasteiger partial charge in [-0.1, -0.05) is 168 Å². The lowest BCUT2D eigenvalue weighted by Gasteiger charge is -2.21. The zero-order chi connectivity index (χ0) is 35.5. The Balaban J connectivity index is 2.81. The van der Waals surface area contributed by atoms with Crippen LogP contribution in [0.25, 0.3) is 11.1 Å². The van der Waals surface area contributed by atoms with Crippen molar-refractivity contribution in [1.82, 2.24) is 0 Å². The Bertz CT molecular complexity index is 1240. The molecule has 2 aromatic carbocycles. The molecule has 0 aliphatic carbocycles. The minimum absolute atomic E-state index is 0.889. The van der Waals surface area contributed by atoms with E-state index >= 15 is 0 Å². The van der Waals surface area contributed by atoms with E-state index in [1.807, 2.05) is 0 Å². The zero-order valence-electron chi connectivity index (χ0n) is 33.0. The molecule has 0 bridgehead atoms. The SMILES string of the molecule is CCCCCCCCc1cc(CCCCCCCC)cc(C(=C(CCC)C(=C=[N+]=[N-])CCCC)c2cc(CCCC)cc(CCCC)c2)c1. The van der Waals surface area contributed by atoms with E-state index in [4.69, 9.17) is 0 Å². The third-order valence-corrected chi connectivity index (χ3v) is 10.1. The first-order valence-corrected chi connectivity index (χ1v) is 21.0. The minimum Gasteiger partial charge on any atom is -0.348 e. The van der Waals surface area contributed by atoms with Gasteiger partial charge in [0.1, 0.15) is 0 Å². The summed E-state index contributed by atoms with van der Waals surface area (Å²) in [5, 5.41) is 0. The third kappa shape index (κ3) is 16.7. The molecule has 0 aliphatic heterocycles. The highest BCUT2D eigenvalue weighted by atomic mass is 14.8. The first kappa shape index (κ1) is 42.5. The van der Waals surface area contributed by atoms with Crippen molar-refractivity contribution in [2.45, 2.75) is 202 Å². The van der Waals surface area contributed by atoms with Gasteiger partial charge in [0.05, 0.1) is 5.57 Å². The molecule has 0 fully saturated rings. The van der Waals surface area contributed by atoms with E-state index in [2.05, 4.69) is 88.6 Å². The molecule has 0 N–H and O–H groups in total. The predicted octanol–water partition coefficient (Wildman–Crippen LogP) is 14.8. The van der Waals surface area contributed by atoms with Crippen LogP contribution in [0.3, 0.4) is 0 Å². The summed E-state index contributed by atoms with van der Waals surface area (Å²) in [5.74, 6) is 3.11. The van der Waals surface area contributed by atoms with Crippen LogP contribution in [-0.2, 0) is 25.7 Å². The molecule has 0 aromatic heterocycles. The summed E-state index contributed by atoms with van der Waals surface area (Å²) < 4.78 is 0. The second-order valence-corrected chi connectivity index (χ2v) is 14.7. The van der Waals surface area contributed by atoms with Crippen LogP contribution in [0, 0.1) is 0 Å². The molecular weight excluding hydrogens is 593 g/mol. The Morgan fingerprint density at radius 3 is 1.22 bits per heavy atom. The predicted molar refractivity (Wildman–Crippen MR) is 217 cm³/mol. The quantitative estimate of drug-likeness (QED) is 0.0285. The molecule has 0 saturated carbocycles. The lowest BCUT2D eigenvalue weighted by molar-refractivity contribution is 0.00739. The number of hydrogen-bond donors (Lipinski definition) is 0. The molecule has 0 heterocycles. The topological polar surface area (TPSA) is 36.4 Å². The lowest BCUT2D eigenvalue weighted by Crippen LogP contribution is -2.04. The molecule has 0 spiro atoms. The fourth-order valence-corrected chi connectivity index (χ4v) is 7.25. The zero-order valence-corrected chi connectivity index (χ0v) is 33.0. The first-order chi connectivity index (χ1) is 24.0. The van der Waals surface area contributed by atoms with Gasteiger partial charge in [-0.05, 0) is 115 Å². The third-order valence-electron chi connectivity index (χ3n) is 10.1. The van der Waals surface area contributed by atoms with Gasteiger partial charge < -0.3 is 5.53 Å². The van der Waals surface area contributed by atoms with Crippen molar-refractivity contribution in [2.75, 3.05) is 0 Å². The second-order valence-electron chi connectivity index (χ2n) is 14.7. The largest absolute Gasteiger partial charge is 0.348 e. The van der Waals surface area contributed by atoms with Crippen LogP contribution in [0.2, 0.25) is 0 Å². The Morgan fingerprint density at radius 2 is 0.837 bits per heavy atom. The highest BCUT2D eigenvalue weighted by Crippen LogP contribution is 2.37. The molecule has 272 valence electrons. The van der Waals surface area contributed by atoms with E-state index in [0.29, 0.717) is 0 Å². The van der Waals surface area contributed by atoms with Crippen molar-refractivity contribution < 1.29 is 4.79 Å². The summed E-state index contributed by atoms with van der Waals surface area (Å²) in [7, 11) is 0. The van der Waals surface area contributed by atoms with Gasteiger partial charge in [-0.2, -0.15) is 0 Å². The monoisotopic (exact) mass is 667 g/mol. The summed E-state index contributed by atoms with van der Waals surface area (Å²) in [6.45, 7) is 13.7. The van der Waals surface area contributed by atoms with Crippen molar-refractivity contribution in [2.24, 2.45) is 0 Å². The maximum atomic E-state index is 9.87. The number of hydrogen-bond acceptors (Lipinski definition) is 0. The van der Waals surface area contributed by atoms with Crippen LogP contribution >= 0.6 is 0 Å². The number of unbranched alkanes of at least 4 members (excludes halogenated alkanes) is 13. The van der Waals surface area contributed by atoms with Crippen molar-refractivity contribution >= 4 is 11.4 Å². The van der Waals surface area contributed by atoms with Crippen molar-refractivity contribution in [3.05, 3.63) is 86.5 Å². The average Bonchev–Trinajstić information content (AvgIpc) is 3.11. The molecule has 0 amide bonds. The van der Waals surface area contributed by atoms with Gasteiger partial charge in [-0.3, -0.25) is 0 Å². The Labute approximate surface area is 303 Å². The van der Waals surface area contributed by atoms with Gasteiger partial charge in [0.25, 0.3) is 0 Å². The van der Waals surface area contributed by atoms with E-state index < -0.39 is 0 Å². The molecule has 2 rings (SSSR count). The summed E-state index contributed by atoms with van der Waals surface area (Å²) in [6.07, 6.45) is 30.3. The Morgan fingerprint density at radius 1 is 0.449 bits per heavy atom. The number of rotatable bonds is 28. The van der Waals surface area contributed by atoms with E-state index in [0.717, 1.165) is 63.4 Å². The summed E-state index contributed by atoms with van der Waals surface area (Å²) in [5.41, 5.74) is 22.2. The number of aryl methyl sites for hydroxylation is 4. The van der Waals surface area contributed by atoms with Crippen molar-refractivity contribution in [3.63, 3.8) is 0 Å². The first-order valence-electron chi connectivity index (χ1n) is 21.0. The number of allylic oxidation sites excluding steroid dienone is 2. The van der Waals surface area contributed by atoms with Gasteiger partial charge in [0.2, 0.25) is 0 Å². The van der Waals surface area contributed by atoms with Crippen LogP contribution in [-0.4, -0.2) is 10.7 Å². The average molecular weight is 667 g/mol. The molecule has 49 heavy (non-hydrogen) atoms. The Kier molecular flexibility index (Phi) is 23.5. The highest BCUT2D eigenvalue weighted by molar-refractivity contribution is 5.87. The summed E-state index contributed by atoms with van der Waals surface area (Å²) in [4.78, 5) is 3.53. The van der Waals surface area contributed by atoms with Crippen molar-refractivity contribution in [1.29, 1.82) is 0 Å². The molecule has 2 nitrogen and oxygen atoms in total. The normalized spacial score (nSPS) is 11.7. The van der Waals surface area contributed by atoms with E-state index in [9.17, 15) is 5.53 Å². The highest BCUT2D eigenvalue weighted by Gasteiger charge is 2.20. The smallest absolute Gasteiger partial charge is 0.303 e. The lowest BCUT2D eigenvalue weighted by atomic mass is 9.83. The molecule has 2 heteroatoms. The summed E-state index contributed by atoms with van der Waals surface area (Å²) in [6, 6.07) is 15.1. The van der Waals surface area contributed by atoms with Gasteiger partial charge in [0, 0.05) is 0 Å². The number of benzene rings is 2. The molecule has 0 unspecified atom stereocenters. The van der Waals surface area contributed by atoms with Crippen LogP contribution in [0.1, 0.15) is 210 Å². The molecule has 0 radical (unpaired) electrons. The fraction of sp³-hybridized carbons (Fsp3) is 0.660. The van der Waals surface area contributed by atoms with Crippen LogP contribution in [0.4, 0.5) is 0 Å². The second kappa shape index (κ2) is 27.1. The molecule has 0 aliphatic rings. The van der Waals surface area contributed by atoms with Gasteiger partial charge in [0.15, 0.2) is 0 Å². The minimum atomic E-state index is 0.889. The van der Waals surface area contributed by atoms with E-state index in [-0.39, 0.29) is 0 Å². The van der Waals surface area contributed by atoms with Crippen LogP contribution in [0.5, 0.6) is 0 Å². The van der Waals surface area contributed by atoms with Gasteiger partial charge in [-0.15, -0.1) is 4.79 Å². The summed E-state index contributed by atoms with van der Waals surface area (Å²) >= 11 is 0. The number of nitrogens with zero attached hydrogens (tertiary/aromatic N) is 2. The molecular formula is C47H74N2. The van der Waals surface area contributed by atoms with Gasteiger partial charge in [-0.25, -0.2) is 0 Å². The molecule has 0 saturated heterocycles. The standard InChI is InChI=1S/C47H74N2/c1-7-13-18-20-22-24-29-41-33-42(30-25-23-21-19-14-8-2)37-45(36-41)47(46(26-12-6)43(38-49-48)31-17-11-5)44-34-39(27-15-9-3)32-40(35-44)28-16-10-4/h32-37H,7-31H2,1-6H3.